The molecule has 4 nitrogen and oxygen atoms in total. The molecule has 0 bridgehead atoms. The van der Waals surface area contributed by atoms with Crippen LogP contribution in [0, 0.1) is 0 Å². The highest BCUT2D eigenvalue weighted by atomic mass is 79.9. The average Bonchev–Trinajstić information content (AvgIpc) is 2.59. The molecule has 1 aromatic carbocycles. The fraction of sp³-hybridized carbons (Fsp3) is 0.312. The second-order valence-corrected chi connectivity index (χ2v) is 7.26. The van der Waals surface area contributed by atoms with E-state index in [1.54, 1.807) is 6.26 Å². The van der Waals surface area contributed by atoms with E-state index >= 15 is 0 Å². The number of carbonyl (C=O) groups excluding carboxylic acids is 1. The van der Waals surface area contributed by atoms with Crippen LogP contribution in [-0.2, 0) is 18.9 Å². The van der Waals surface area contributed by atoms with Gasteiger partial charge in [0.05, 0.1) is 15.6 Å². The number of benzene rings is 1. The fourth-order valence-corrected chi connectivity index (χ4v) is 2.94. The van der Waals surface area contributed by atoms with Crippen LogP contribution in [0.1, 0.15) is 27.2 Å². The molecule has 152 valence electrons. The van der Waals surface area contributed by atoms with Crippen LogP contribution in [0.25, 0.3) is 0 Å². The lowest BCUT2D eigenvalue weighted by Crippen LogP contribution is -2.28. The van der Waals surface area contributed by atoms with Crippen molar-refractivity contribution in [2.75, 3.05) is 13.3 Å². The summed E-state index contributed by atoms with van der Waals surface area (Å²) in [4.78, 5) is 21.5. The maximum Gasteiger partial charge on any atom is 0.416 e. The summed E-state index contributed by atoms with van der Waals surface area (Å²) in [6.45, 7) is -0.475. The summed E-state index contributed by atoms with van der Waals surface area (Å²) < 4.78 is 78.0. The fourth-order valence-electron chi connectivity index (χ4n) is 2.24. The van der Waals surface area contributed by atoms with Crippen molar-refractivity contribution in [3.05, 3.63) is 51.3 Å². The summed E-state index contributed by atoms with van der Waals surface area (Å²) in [5, 5.41) is 0.290. The van der Waals surface area contributed by atoms with Crippen LogP contribution < -0.4 is 0 Å². The minimum Gasteiger partial charge on any atom is -0.336 e. The van der Waals surface area contributed by atoms with Gasteiger partial charge in [0, 0.05) is 19.8 Å². The first kappa shape index (κ1) is 22.5. The zero-order chi connectivity index (χ0) is 21.3. The van der Waals surface area contributed by atoms with Gasteiger partial charge in [-0.25, -0.2) is 9.97 Å². The van der Waals surface area contributed by atoms with Crippen LogP contribution in [0.4, 0.5) is 26.3 Å². The van der Waals surface area contributed by atoms with Gasteiger partial charge in [0.2, 0.25) is 0 Å². The molecule has 1 aromatic heterocycles. The van der Waals surface area contributed by atoms with Gasteiger partial charge >= 0.3 is 12.4 Å². The summed E-state index contributed by atoms with van der Waals surface area (Å²) in [6, 6.07) is 1.21. The normalized spacial score (nSPS) is 12.2. The first-order chi connectivity index (χ1) is 12.8. The number of thioether (sulfide) groups is 1. The largest absolute Gasteiger partial charge is 0.416 e. The van der Waals surface area contributed by atoms with Gasteiger partial charge in [-0.05, 0) is 45.9 Å². The molecule has 0 saturated carbocycles. The smallest absolute Gasteiger partial charge is 0.336 e. The molecule has 2 aromatic rings. The van der Waals surface area contributed by atoms with Gasteiger partial charge in [-0.2, -0.15) is 26.3 Å². The van der Waals surface area contributed by atoms with E-state index in [0.29, 0.717) is 17.3 Å². The highest BCUT2D eigenvalue weighted by Gasteiger charge is 2.37. The van der Waals surface area contributed by atoms with Crippen LogP contribution in [0.5, 0.6) is 0 Å². The molecular formula is C16H12BrF6N3OS. The Balaban J connectivity index is 2.37. The third kappa shape index (κ3) is 5.37. The van der Waals surface area contributed by atoms with Crippen molar-refractivity contribution in [2.45, 2.75) is 24.1 Å². The first-order valence-electron chi connectivity index (χ1n) is 7.43. The van der Waals surface area contributed by atoms with Crippen molar-refractivity contribution in [3.63, 3.8) is 0 Å². The number of carbonyl (C=O) groups is 1. The predicted octanol–water partition coefficient (Wildman–Crippen LogP) is 5.27. The maximum atomic E-state index is 13.0. The van der Waals surface area contributed by atoms with E-state index < -0.39 is 35.9 Å². The molecule has 2 rings (SSSR count). The SMILES string of the molecule is CSc1ncc(Br)c(C(=O)N(C)Cc2cc(C(F)(F)F)cc(C(F)(F)F)c2)n1. The molecule has 0 radical (unpaired) electrons. The summed E-state index contributed by atoms with van der Waals surface area (Å²) >= 11 is 4.28. The highest BCUT2D eigenvalue weighted by Crippen LogP contribution is 2.36. The van der Waals surface area contributed by atoms with Gasteiger partial charge in [-0.3, -0.25) is 4.79 Å². The van der Waals surface area contributed by atoms with Crippen LogP contribution in [0.3, 0.4) is 0 Å². The Labute approximate surface area is 168 Å². The molecule has 0 aliphatic heterocycles. The van der Waals surface area contributed by atoms with Gasteiger partial charge in [0.1, 0.15) is 5.69 Å². The molecular weight excluding hydrogens is 476 g/mol. The van der Waals surface area contributed by atoms with E-state index in [-0.39, 0.29) is 21.8 Å². The minimum absolute atomic E-state index is 0.0388. The Morgan fingerprint density at radius 1 is 1.11 bits per heavy atom. The zero-order valence-electron chi connectivity index (χ0n) is 14.3. The number of hydrogen-bond donors (Lipinski definition) is 0. The Kier molecular flexibility index (Phi) is 6.64. The number of nitrogens with zero attached hydrogens (tertiary/aromatic N) is 3. The lowest BCUT2D eigenvalue weighted by atomic mass is 10.0. The summed E-state index contributed by atoms with van der Waals surface area (Å²) in [5.41, 5.74) is -3.24. The summed E-state index contributed by atoms with van der Waals surface area (Å²) in [7, 11) is 1.25. The molecule has 0 spiro atoms. The lowest BCUT2D eigenvalue weighted by molar-refractivity contribution is -0.143. The molecule has 0 fully saturated rings. The van der Waals surface area contributed by atoms with Crippen LogP contribution in [0.2, 0.25) is 0 Å². The van der Waals surface area contributed by atoms with Gasteiger partial charge < -0.3 is 4.90 Å². The van der Waals surface area contributed by atoms with E-state index in [0.717, 1.165) is 4.90 Å². The molecule has 0 saturated heterocycles. The topological polar surface area (TPSA) is 46.1 Å². The van der Waals surface area contributed by atoms with Crippen molar-refractivity contribution < 1.29 is 31.1 Å². The highest BCUT2D eigenvalue weighted by molar-refractivity contribution is 9.10. The van der Waals surface area contributed by atoms with Gasteiger partial charge in [-0.1, -0.05) is 11.8 Å². The van der Waals surface area contributed by atoms with Crippen LogP contribution in [0.15, 0.2) is 34.0 Å². The minimum atomic E-state index is -4.96. The van der Waals surface area contributed by atoms with Crippen molar-refractivity contribution >= 4 is 33.6 Å². The Morgan fingerprint density at radius 3 is 2.11 bits per heavy atom. The first-order valence-corrected chi connectivity index (χ1v) is 9.45. The quantitative estimate of drug-likeness (QED) is 0.334. The Morgan fingerprint density at radius 2 is 1.64 bits per heavy atom. The molecule has 12 heteroatoms. The molecule has 1 heterocycles. The summed E-state index contributed by atoms with van der Waals surface area (Å²) in [5.74, 6) is -0.685. The molecule has 1 amide bonds. The molecule has 0 unspecified atom stereocenters. The molecule has 0 atom stereocenters. The molecule has 0 aliphatic carbocycles. The number of amides is 1. The standard InChI is InChI=1S/C16H12BrF6N3OS/c1-26(13(27)12-11(17)6-24-14(25-12)28-2)7-8-3-9(15(18,19)20)5-10(4-8)16(21,22)23/h3-6H,7H2,1-2H3. The van der Waals surface area contributed by atoms with Crippen molar-refractivity contribution in [2.24, 2.45) is 0 Å². The second-order valence-electron chi connectivity index (χ2n) is 5.63. The van der Waals surface area contributed by atoms with Crippen LogP contribution >= 0.6 is 27.7 Å². The average molecular weight is 488 g/mol. The number of alkyl halides is 6. The van der Waals surface area contributed by atoms with Gasteiger partial charge in [0.25, 0.3) is 5.91 Å². The second kappa shape index (κ2) is 8.27. The monoisotopic (exact) mass is 487 g/mol. The van der Waals surface area contributed by atoms with E-state index in [9.17, 15) is 31.1 Å². The summed E-state index contributed by atoms with van der Waals surface area (Å²) in [6.07, 6.45) is -6.89. The molecule has 0 aliphatic rings. The van der Waals surface area contributed by atoms with E-state index in [2.05, 4.69) is 25.9 Å². The third-order valence-corrected chi connectivity index (χ3v) is 4.66. The van der Waals surface area contributed by atoms with E-state index in [4.69, 9.17) is 0 Å². The van der Waals surface area contributed by atoms with E-state index in [1.165, 1.54) is 25.0 Å². The third-order valence-electron chi connectivity index (χ3n) is 3.52. The van der Waals surface area contributed by atoms with Crippen LogP contribution in [-0.4, -0.2) is 34.1 Å². The maximum absolute atomic E-state index is 13.0. The molecule has 0 N–H and O–H groups in total. The zero-order valence-corrected chi connectivity index (χ0v) is 16.7. The predicted molar refractivity (Wildman–Crippen MR) is 93.8 cm³/mol. The number of halogens is 7. The van der Waals surface area contributed by atoms with E-state index in [1.807, 2.05) is 0 Å². The Bertz CT molecular complexity index is 855. The van der Waals surface area contributed by atoms with Crippen molar-refractivity contribution in [1.82, 2.24) is 14.9 Å². The van der Waals surface area contributed by atoms with Crippen molar-refractivity contribution in [3.8, 4) is 0 Å². The number of hydrogen-bond acceptors (Lipinski definition) is 4. The lowest BCUT2D eigenvalue weighted by Gasteiger charge is -2.20. The van der Waals surface area contributed by atoms with Gasteiger partial charge in [-0.15, -0.1) is 0 Å². The van der Waals surface area contributed by atoms with Crippen molar-refractivity contribution in [1.29, 1.82) is 0 Å². The molecule has 28 heavy (non-hydrogen) atoms. The number of rotatable bonds is 4. The van der Waals surface area contributed by atoms with Gasteiger partial charge in [0.15, 0.2) is 5.16 Å². The Hall–Kier alpha value is -1.82. The number of aromatic nitrogens is 2.